The summed E-state index contributed by atoms with van der Waals surface area (Å²) >= 11 is 0. The largest absolute Gasteiger partial charge is 0.478 e. The minimum Gasteiger partial charge on any atom is -0.478 e. The molecule has 0 spiro atoms. The summed E-state index contributed by atoms with van der Waals surface area (Å²) in [5, 5.41) is 27.4. The van der Waals surface area contributed by atoms with Crippen LogP contribution in [0.15, 0.2) is 36.4 Å². The van der Waals surface area contributed by atoms with Crippen molar-refractivity contribution in [2.45, 2.75) is 38.6 Å². The molecule has 0 amide bonds. The molecule has 3 rings (SSSR count). The molecule has 0 saturated carbocycles. The highest BCUT2D eigenvalue weighted by Gasteiger charge is 2.23. The van der Waals surface area contributed by atoms with Gasteiger partial charge >= 0.3 is 11.9 Å². The van der Waals surface area contributed by atoms with Crippen LogP contribution in [-0.2, 0) is 9.59 Å². The lowest BCUT2D eigenvalue weighted by Crippen LogP contribution is -2.37. The summed E-state index contributed by atoms with van der Waals surface area (Å²) < 4.78 is 0. The van der Waals surface area contributed by atoms with E-state index < -0.39 is 11.9 Å². The fourth-order valence-corrected chi connectivity index (χ4v) is 3.35. The van der Waals surface area contributed by atoms with Gasteiger partial charge < -0.3 is 20.1 Å². The van der Waals surface area contributed by atoms with Crippen LogP contribution < -0.4 is 0 Å². The Morgan fingerprint density at radius 2 is 1.76 bits per heavy atom. The van der Waals surface area contributed by atoms with Crippen LogP contribution in [0.5, 0.6) is 0 Å². The van der Waals surface area contributed by atoms with E-state index in [1.807, 2.05) is 0 Å². The minimum atomic E-state index is -1.26. The lowest BCUT2D eigenvalue weighted by molar-refractivity contribution is -0.384. The number of carboxylic acid groups (broad SMARTS) is 2. The Kier molecular flexibility index (Phi) is 7.49. The summed E-state index contributed by atoms with van der Waals surface area (Å²) in [7, 11) is 0. The van der Waals surface area contributed by atoms with E-state index in [0.717, 1.165) is 36.8 Å². The molecule has 2 aromatic rings. The van der Waals surface area contributed by atoms with Gasteiger partial charge in [-0.25, -0.2) is 9.59 Å². The molecule has 29 heavy (non-hydrogen) atoms. The number of likely N-dealkylation sites (tertiary alicyclic amines) is 1. The number of nitrogens with zero attached hydrogens (tertiary/aromatic N) is 2. The average molecular weight is 403 g/mol. The molecular formula is C20H25N3O6. The summed E-state index contributed by atoms with van der Waals surface area (Å²) in [5.74, 6) is -1.98. The topological polar surface area (TPSA) is 137 Å². The third-order valence-corrected chi connectivity index (χ3v) is 4.90. The molecule has 3 N–H and O–H groups in total. The molecule has 1 aromatic carbocycles. The summed E-state index contributed by atoms with van der Waals surface area (Å²) in [6, 6.07) is 7.71. The first-order valence-electron chi connectivity index (χ1n) is 9.32. The van der Waals surface area contributed by atoms with Gasteiger partial charge in [0.1, 0.15) is 0 Å². The van der Waals surface area contributed by atoms with Crippen LogP contribution in [-0.4, -0.2) is 56.1 Å². The SMILES string of the molecule is CC(C)N1CCC(c2cc3cc([N+](=O)[O-])ccc3[nH]2)CC1.O=C(O)C=CC(=O)O. The fourth-order valence-electron chi connectivity index (χ4n) is 3.35. The van der Waals surface area contributed by atoms with Crippen LogP contribution in [0.2, 0.25) is 0 Å². The van der Waals surface area contributed by atoms with Gasteiger partial charge in [0.15, 0.2) is 0 Å². The quantitative estimate of drug-likeness (QED) is 0.395. The van der Waals surface area contributed by atoms with Gasteiger partial charge in [-0.05, 0) is 51.9 Å². The van der Waals surface area contributed by atoms with Crippen molar-refractivity contribution in [2.24, 2.45) is 0 Å². The predicted molar refractivity (Wildman–Crippen MR) is 108 cm³/mol. The molecule has 1 aliphatic rings. The molecule has 0 bridgehead atoms. The Morgan fingerprint density at radius 3 is 2.24 bits per heavy atom. The summed E-state index contributed by atoms with van der Waals surface area (Å²) in [6.07, 6.45) is 3.41. The first-order valence-corrected chi connectivity index (χ1v) is 9.32. The summed E-state index contributed by atoms with van der Waals surface area (Å²) in [6.45, 7) is 6.72. The predicted octanol–water partition coefficient (Wildman–Crippen LogP) is 3.38. The summed E-state index contributed by atoms with van der Waals surface area (Å²) in [5.41, 5.74) is 2.36. The normalized spacial score (nSPS) is 15.4. The number of H-pyrrole nitrogens is 1. The van der Waals surface area contributed by atoms with E-state index in [1.165, 1.54) is 5.69 Å². The molecule has 0 aliphatic carbocycles. The Bertz CT molecular complexity index is 894. The molecule has 156 valence electrons. The maximum absolute atomic E-state index is 10.8. The third kappa shape index (κ3) is 6.42. The number of fused-ring (bicyclic) bond motifs is 1. The van der Waals surface area contributed by atoms with E-state index in [4.69, 9.17) is 10.2 Å². The Hall–Kier alpha value is -3.20. The number of piperidine rings is 1. The highest BCUT2D eigenvalue weighted by Crippen LogP contribution is 2.31. The molecule has 1 saturated heterocycles. The molecular weight excluding hydrogens is 378 g/mol. The number of aromatic amines is 1. The van der Waals surface area contributed by atoms with Gasteiger partial charge in [-0.1, -0.05) is 0 Å². The van der Waals surface area contributed by atoms with Crippen molar-refractivity contribution in [3.05, 3.63) is 52.2 Å². The Morgan fingerprint density at radius 1 is 1.17 bits per heavy atom. The fraction of sp³-hybridized carbons (Fsp3) is 0.400. The van der Waals surface area contributed by atoms with Crippen molar-refractivity contribution in [3.63, 3.8) is 0 Å². The molecule has 0 atom stereocenters. The van der Waals surface area contributed by atoms with E-state index in [9.17, 15) is 19.7 Å². The standard InChI is InChI=1S/C16H21N3O2.C4H4O4/c1-11(2)18-7-5-12(6-8-18)16-10-13-9-14(19(20)21)3-4-15(13)17-16;5-3(6)1-2-4(7)8/h3-4,9-12,17H,5-8H2,1-2H3;1-2H,(H,5,6)(H,7,8). The molecule has 2 heterocycles. The number of benzene rings is 1. The van der Waals surface area contributed by atoms with Crippen LogP contribution in [0, 0.1) is 10.1 Å². The zero-order valence-corrected chi connectivity index (χ0v) is 16.4. The second-order valence-corrected chi connectivity index (χ2v) is 7.17. The molecule has 1 aliphatic heterocycles. The average Bonchev–Trinajstić information content (AvgIpc) is 3.10. The molecule has 1 aromatic heterocycles. The van der Waals surface area contributed by atoms with Crippen LogP contribution in [0.25, 0.3) is 10.9 Å². The van der Waals surface area contributed by atoms with Gasteiger partial charge in [-0.2, -0.15) is 0 Å². The third-order valence-electron chi connectivity index (χ3n) is 4.90. The van der Waals surface area contributed by atoms with Gasteiger partial charge in [-0.3, -0.25) is 10.1 Å². The van der Waals surface area contributed by atoms with Crippen molar-refractivity contribution < 1.29 is 24.7 Å². The maximum atomic E-state index is 10.8. The lowest BCUT2D eigenvalue weighted by atomic mass is 9.93. The zero-order chi connectivity index (χ0) is 21.6. The lowest BCUT2D eigenvalue weighted by Gasteiger charge is -2.34. The number of aromatic nitrogens is 1. The molecule has 0 unspecified atom stereocenters. The van der Waals surface area contributed by atoms with Crippen LogP contribution in [0.1, 0.15) is 38.3 Å². The zero-order valence-electron chi connectivity index (χ0n) is 16.4. The van der Waals surface area contributed by atoms with E-state index in [0.29, 0.717) is 24.1 Å². The second-order valence-electron chi connectivity index (χ2n) is 7.17. The van der Waals surface area contributed by atoms with Crippen LogP contribution >= 0.6 is 0 Å². The minimum absolute atomic E-state index is 0.155. The first kappa shape index (κ1) is 22.1. The smallest absolute Gasteiger partial charge is 0.328 e. The first-order chi connectivity index (χ1) is 13.7. The number of nitrogens with one attached hydrogen (secondary N) is 1. The molecule has 9 nitrogen and oxygen atoms in total. The van der Waals surface area contributed by atoms with E-state index in [1.54, 1.807) is 18.2 Å². The molecule has 0 radical (unpaired) electrons. The highest BCUT2D eigenvalue weighted by molar-refractivity contribution is 5.89. The number of non-ortho nitro benzene ring substituents is 1. The van der Waals surface area contributed by atoms with Crippen LogP contribution in [0.4, 0.5) is 5.69 Å². The van der Waals surface area contributed by atoms with E-state index in [2.05, 4.69) is 29.8 Å². The Balaban J connectivity index is 0.000000321. The number of nitro groups is 1. The monoisotopic (exact) mass is 403 g/mol. The van der Waals surface area contributed by atoms with Gasteiger partial charge in [0.05, 0.1) is 4.92 Å². The number of hydrogen-bond donors (Lipinski definition) is 3. The number of carboxylic acids is 2. The van der Waals surface area contributed by atoms with E-state index in [-0.39, 0.29) is 10.6 Å². The van der Waals surface area contributed by atoms with Crippen molar-refractivity contribution in [2.75, 3.05) is 13.1 Å². The van der Waals surface area contributed by atoms with Gasteiger partial charge in [0.25, 0.3) is 5.69 Å². The number of aliphatic carboxylic acids is 2. The molecule has 1 fully saturated rings. The van der Waals surface area contributed by atoms with Crippen LogP contribution in [0.3, 0.4) is 0 Å². The number of carbonyl (C=O) groups is 2. The van der Waals surface area contributed by atoms with Gasteiger partial charge in [0, 0.05) is 52.8 Å². The number of nitro benzene ring substituents is 1. The number of hydrogen-bond acceptors (Lipinski definition) is 5. The van der Waals surface area contributed by atoms with E-state index >= 15 is 0 Å². The van der Waals surface area contributed by atoms with Crippen molar-refractivity contribution in [1.29, 1.82) is 0 Å². The van der Waals surface area contributed by atoms with Crippen molar-refractivity contribution in [1.82, 2.24) is 9.88 Å². The van der Waals surface area contributed by atoms with Gasteiger partial charge in [-0.15, -0.1) is 0 Å². The van der Waals surface area contributed by atoms with Crippen molar-refractivity contribution >= 4 is 28.5 Å². The maximum Gasteiger partial charge on any atom is 0.328 e. The Labute approximate surface area is 167 Å². The van der Waals surface area contributed by atoms with Crippen molar-refractivity contribution in [3.8, 4) is 0 Å². The summed E-state index contributed by atoms with van der Waals surface area (Å²) in [4.78, 5) is 35.5. The molecule has 9 heteroatoms. The highest BCUT2D eigenvalue weighted by atomic mass is 16.6. The second kappa shape index (κ2) is 9.83. The number of rotatable bonds is 5. The van der Waals surface area contributed by atoms with Gasteiger partial charge in [0.2, 0.25) is 0 Å².